The zero-order valence-corrected chi connectivity index (χ0v) is 12.9. The quantitative estimate of drug-likeness (QED) is 0.764. The molecule has 1 aromatic carbocycles. The molecule has 0 saturated heterocycles. The van der Waals surface area contributed by atoms with Crippen LogP contribution in [0, 0.1) is 6.92 Å². The fourth-order valence-corrected chi connectivity index (χ4v) is 3.14. The van der Waals surface area contributed by atoms with Crippen LogP contribution in [0.4, 0.5) is 5.69 Å². The Morgan fingerprint density at radius 1 is 1.23 bits per heavy atom. The van der Waals surface area contributed by atoms with E-state index >= 15 is 0 Å². The van der Waals surface area contributed by atoms with E-state index in [-0.39, 0.29) is 11.3 Å². The smallest absolute Gasteiger partial charge is 0.267 e. The number of amides is 1. The standard InChI is InChI=1S/C16H14N2O3S/c1-9-3-5-10(6-4-9)17-15(20)12-13(19)14-11(7-8-22-14)18(2)16(12)21/h3-8,19H,1-2H3,(H,17,20). The Hall–Kier alpha value is -2.60. The topological polar surface area (TPSA) is 71.3 Å². The van der Waals surface area contributed by atoms with E-state index in [0.717, 1.165) is 5.56 Å². The lowest BCUT2D eigenvalue weighted by Gasteiger charge is -2.09. The van der Waals surface area contributed by atoms with Gasteiger partial charge in [0.25, 0.3) is 11.5 Å². The van der Waals surface area contributed by atoms with Crippen molar-refractivity contribution in [2.75, 3.05) is 5.32 Å². The van der Waals surface area contributed by atoms with E-state index < -0.39 is 11.5 Å². The Labute approximate surface area is 130 Å². The molecule has 0 bridgehead atoms. The van der Waals surface area contributed by atoms with Gasteiger partial charge in [-0.25, -0.2) is 0 Å². The van der Waals surface area contributed by atoms with Crippen LogP contribution in [-0.2, 0) is 7.05 Å². The average Bonchev–Trinajstić information content (AvgIpc) is 2.97. The van der Waals surface area contributed by atoms with Crippen LogP contribution in [0.25, 0.3) is 10.2 Å². The summed E-state index contributed by atoms with van der Waals surface area (Å²) in [4.78, 5) is 24.7. The van der Waals surface area contributed by atoms with Crippen LogP contribution in [-0.4, -0.2) is 15.6 Å². The second kappa shape index (κ2) is 5.31. The molecule has 3 aromatic rings. The van der Waals surface area contributed by atoms with Crippen molar-refractivity contribution >= 4 is 33.1 Å². The van der Waals surface area contributed by atoms with Crippen molar-refractivity contribution in [2.24, 2.45) is 7.05 Å². The summed E-state index contributed by atoms with van der Waals surface area (Å²) in [6.07, 6.45) is 0. The summed E-state index contributed by atoms with van der Waals surface area (Å²) >= 11 is 1.29. The van der Waals surface area contributed by atoms with Crippen LogP contribution in [0.2, 0.25) is 0 Å². The van der Waals surface area contributed by atoms with E-state index in [0.29, 0.717) is 15.9 Å². The molecule has 2 N–H and O–H groups in total. The highest BCUT2D eigenvalue weighted by Gasteiger charge is 2.21. The molecule has 2 aromatic heterocycles. The maximum absolute atomic E-state index is 12.4. The van der Waals surface area contributed by atoms with Crippen molar-refractivity contribution in [3.05, 3.63) is 57.2 Å². The van der Waals surface area contributed by atoms with Gasteiger partial charge in [0.1, 0.15) is 5.56 Å². The number of aromatic hydroxyl groups is 1. The molecule has 0 saturated carbocycles. The maximum Gasteiger partial charge on any atom is 0.267 e. The molecule has 0 unspecified atom stereocenters. The summed E-state index contributed by atoms with van der Waals surface area (Å²) in [6, 6.07) is 8.95. The first-order valence-electron chi connectivity index (χ1n) is 6.66. The van der Waals surface area contributed by atoms with Gasteiger partial charge in [-0.2, -0.15) is 0 Å². The molecule has 0 fully saturated rings. The third-order valence-corrected chi connectivity index (χ3v) is 4.42. The first-order valence-corrected chi connectivity index (χ1v) is 7.54. The van der Waals surface area contributed by atoms with Crippen LogP contribution < -0.4 is 10.9 Å². The van der Waals surface area contributed by atoms with Gasteiger partial charge in [-0.05, 0) is 30.5 Å². The van der Waals surface area contributed by atoms with Crippen molar-refractivity contribution in [2.45, 2.75) is 6.92 Å². The minimum absolute atomic E-state index is 0.238. The van der Waals surface area contributed by atoms with E-state index in [1.54, 1.807) is 30.6 Å². The van der Waals surface area contributed by atoms with Crippen LogP contribution in [0.5, 0.6) is 5.75 Å². The number of aryl methyl sites for hydroxylation is 2. The predicted molar refractivity (Wildman–Crippen MR) is 87.9 cm³/mol. The summed E-state index contributed by atoms with van der Waals surface area (Å²) in [5.74, 6) is -0.880. The second-order valence-corrected chi connectivity index (χ2v) is 5.96. The van der Waals surface area contributed by atoms with Gasteiger partial charge in [0.15, 0.2) is 5.75 Å². The zero-order valence-electron chi connectivity index (χ0n) is 12.1. The lowest BCUT2D eigenvalue weighted by molar-refractivity contribution is 0.102. The van der Waals surface area contributed by atoms with Crippen LogP contribution in [0.15, 0.2) is 40.5 Å². The van der Waals surface area contributed by atoms with E-state index in [1.165, 1.54) is 15.9 Å². The van der Waals surface area contributed by atoms with Crippen LogP contribution in [0.1, 0.15) is 15.9 Å². The van der Waals surface area contributed by atoms with E-state index in [1.807, 2.05) is 19.1 Å². The number of hydrogen-bond donors (Lipinski definition) is 2. The normalized spacial score (nSPS) is 10.8. The lowest BCUT2D eigenvalue weighted by atomic mass is 10.2. The van der Waals surface area contributed by atoms with Gasteiger partial charge in [0.2, 0.25) is 0 Å². The first kappa shape index (κ1) is 14.3. The highest BCUT2D eigenvalue weighted by Crippen LogP contribution is 2.30. The first-order chi connectivity index (χ1) is 10.5. The number of fused-ring (bicyclic) bond motifs is 1. The Kier molecular flexibility index (Phi) is 3.46. The lowest BCUT2D eigenvalue weighted by Crippen LogP contribution is -2.27. The monoisotopic (exact) mass is 314 g/mol. The minimum atomic E-state index is -0.614. The van der Waals surface area contributed by atoms with Crippen LogP contribution in [0.3, 0.4) is 0 Å². The van der Waals surface area contributed by atoms with Crippen LogP contribution >= 0.6 is 11.3 Å². The molecule has 0 radical (unpaired) electrons. The summed E-state index contributed by atoms with van der Waals surface area (Å²) < 4.78 is 1.89. The van der Waals surface area contributed by atoms with Crippen molar-refractivity contribution in [1.29, 1.82) is 0 Å². The van der Waals surface area contributed by atoms with Gasteiger partial charge in [-0.3, -0.25) is 9.59 Å². The third kappa shape index (κ3) is 2.27. The molecule has 112 valence electrons. The molecule has 1 amide bonds. The Balaban J connectivity index is 2.07. The summed E-state index contributed by atoms with van der Waals surface area (Å²) in [7, 11) is 1.58. The molecule has 0 spiro atoms. The molecule has 0 atom stereocenters. The summed E-state index contributed by atoms with van der Waals surface area (Å²) in [5, 5.41) is 14.7. The van der Waals surface area contributed by atoms with Crippen molar-refractivity contribution in [3.8, 4) is 5.75 Å². The fourth-order valence-electron chi connectivity index (χ4n) is 2.27. The number of carbonyl (C=O) groups excluding carboxylic acids is 1. The molecular formula is C16H14N2O3S. The largest absolute Gasteiger partial charge is 0.505 e. The number of rotatable bonds is 2. The Morgan fingerprint density at radius 3 is 2.59 bits per heavy atom. The minimum Gasteiger partial charge on any atom is -0.505 e. The summed E-state index contributed by atoms with van der Waals surface area (Å²) in [6.45, 7) is 1.94. The average molecular weight is 314 g/mol. The molecule has 5 nitrogen and oxygen atoms in total. The number of pyridine rings is 1. The molecule has 2 heterocycles. The third-order valence-electron chi connectivity index (χ3n) is 3.51. The molecule has 3 rings (SSSR count). The number of aromatic nitrogens is 1. The van der Waals surface area contributed by atoms with Gasteiger partial charge in [0.05, 0.1) is 10.2 Å². The number of thiophene rings is 1. The number of hydrogen-bond acceptors (Lipinski definition) is 4. The van der Waals surface area contributed by atoms with E-state index in [4.69, 9.17) is 0 Å². The number of carbonyl (C=O) groups is 1. The molecule has 6 heteroatoms. The Bertz CT molecular complexity index is 923. The van der Waals surface area contributed by atoms with Gasteiger partial charge in [-0.15, -0.1) is 11.3 Å². The fraction of sp³-hybridized carbons (Fsp3) is 0.125. The molecule has 0 aliphatic carbocycles. The van der Waals surface area contributed by atoms with Gasteiger partial charge in [-0.1, -0.05) is 17.7 Å². The number of nitrogens with zero attached hydrogens (tertiary/aromatic N) is 1. The number of anilines is 1. The summed E-state index contributed by atoms with van der Waals surface area (Å²) in [5.41, 5.74) is 1.49. The van der Waals surface area contributed by atoms with Crippen molar-refractivity contribution in [1.82, 2.24) is 4.57 Å². The van der Waals surface area contributed by atoms with Gasteiger partial charge >= 0.3 is 0 Å². The maximum atomic E-state index is 12.4. The highest BCUT2D eigenvalue weighted by molar-refractivity contribution is 7.17. The van der Waals surface area contributed by atoms with Gasteiger partial charge in [0, 0.05) is 12.7 Å². The van der Waals surface area contributed by atoms with E-state index in [9.17, 15) is 14.7 Å². The van der Waals surface area contributed by atoms with Crippen molar-refractivity contribution in [3.63, 3.8) is 0 Å². The Morgan fingerprint density at radius 2 is 1.91 bits per heavy atom. The molecule has 22 heavy (non-hydrogen) atoms. The molecular weight excluding hydrogens is 300 g/mol. The number of nitrogens with one attached hydrogen (secondary N) is 1. The SMILES string of the molecule is Cc1ccc(NC(=O)c2c(O)c3sccc3n(C)c2=O)cc1. The second-order valence-electron chi connectivity index (χ2n) is 5.04. The predicted octanol–water partition coefficient (Wildman–Crippen LogP) is 2.87. The molecule has 0 aliphatic heterocycles. The zero-order chi connectivity index (χ0) is 15.9. The van der Waals surface area contributed by atoms with E-state index in [2.05, 4.69) is 5.32 Å². The van der Waals surface area contributed by atoms with Gasteiger partial charge < -0.3 is 15.0 Å². The molecule has 0 aliphatic rings. The highest BCUT2D eigenvalue weighted by atomic mass is 32.1. The van der Waals surface area contributed by atoms with Crippen molar-refractivity contribution < 1.29 is 9.90 Å². The number of benzene rings is 1.